The fraction of sp³-hybridized carbons (Fsp3) is 1.00. The summed E-state index contributed by atoms with van der Waals surface area (Å²) < 4.78 is 0. The molecule has 1 radical (unpaired) electrons. The van der Waals surface area contributed by atoms with Crippen LogP contribution in [0, 0.1) is 0 Å². The summed E-state index contributed by atoms with van der Waals surface area (Å²) in [6.45, 7) is 6.83. The molecule has 0 aromatic heterocycles. The van der Waals surface area contributed by atoms with Crippen LogP contribution < -0.4 is 5.32 Å². The minimum Gasteiger partial charge on any atom is -0.240 e. The van der Waals surface area contributed by atoms with Crippen LogP contribution in [0.15, 0.2) is 0 Å². The summed E-state index contributed by atoms with van der Waals surface area (Å²) in [5.74, 6) is 2.60. The minimum absolute atomic E-state index is 1.03. The van der Waals surface area contributed by atoms with Gasteiger partial charge in [-0.2, -0.15) is 11.8 Å². The van der Waals surface area contributed by atoms with Crippen LogP contribution in [-0.2, 0) is 0 Å². The summed E-state index contributed by atoms with van der Waals surface area (Å²) in [5, 5.41) is 9.33. The van der Waals surface area contributed by atoms with Gasteiger partial charge < -0.3 is 0 Å². The lowest BCUT2D eigenvalue weighted by Gasteiger charge is -2.39. The lowest BCUT2D eigenvalue weighted by molar-refractivity contribution is -0.0260. The van der Waals surface area contributed by atoms with E-state index in [4.69, 9.17) is 0 Å². The van der Waals surface area contributed by atoms with Crippen molar-refractivity contribution in [1.82, 2.24) is 15.3 Å². The third-order valence-corrected chi connectivity index (χ3v) is 3.36. The van der Waals surface area contributed by atoms with Gasteiger partial charge in [0.15, 0.2) is 0 Å². The average Bonchev–Trinajstić information content (AvgIpc) is 2.21. The fourth-order valence-electron chi connectivity index (χ4n) is 1.72. The molecular formula is C8H16N3S. The quantitative estimate of drug-likeness (QED) is 0.569. The maximum Gasteiger partial charge on any atom is 0.0275 e. The number of thioether (sulfide) groups is 1. The third-order valence-electron chi connectivity index (χ3n) is 2.42. The average molecular weight is 186 g/mol. The third kappa shape index (κ3) is 2.13. The Bertz CT molecular complexity index is 114. The van der Waals surface area contributed by atoms with Gasteiger partial charge in [-0.1, -0.05) is 0 Å². The molecular weight excluding hydrogens is 170 g/mol. The highest BCUT2D eigenvalue weighted by Crippen LogP contribution is 2.11. The van der Waals surface area contributed by atoms with Crippen molar-refractivity contribution in [2.75, 3.05) is 50.8 Å². The van der Waals surface area contributed by atoms with Crippen molar-refractivity contribution in [3.63, 3.8) is 0 Å². The molecule has 3 nitrogen and oxygen atoms in total. The highest BCUT2D eigenvalue weighted by Gasteiger charge is 2.19. The Balaban J connectivity index is 1.80. The van der Waals surface area contributed by atoms with Gasteiger partial charge in [-0.25, -0.2) is 15.3 Å². The van der Waals surface area contributed by atoms with Crippen LogP contribution in [0.25, 0.3) is 0 Å². The normalized spacial score (nSPS) is 29.0. The van der Waals surface area contributed by atoms with Crippen molar-refractivity contribution in [3.05, 3.63) is 0 Å². The molecule has 0 aliphatic carbocycles. The smallest absolute Gasteiger partial charge is 0.0275 e. The number of hydrogen-bond donors (Lipinski definition) is 0. The van der Waals surface area contributed by atoms with Gasteiger partial charge in [0.25, 0.3) is 0 Å². The fourth-order valence-corrected chi connectivity index (χ4v) is 2.60. The van der Waals surface area contributed by atoms with Crippen LogP contribution >= 0.6 is 11.8 Å². The number of hydrazine groups is 1. The molecule has 0 N–H and O–H groups in total. The zero-order valence-corrected chi connectivity index (χ0v) is 8.22. The van der Waals surface area contributed by atoms with Gasteiger partial charge in [0.2, 0.25) is 0 Å². The summed E-state index contributed by atoms with van der Waals surface area (Å²) in [6.07, 6.45) is 0. The molecule has 0 atom stereocenters. The molecule has 2 saturated heterocycles. The number of hydrogen-bond acceptors (Lipinski definition) is 3. The van der Waals surface area contributed by atoms with Gasteiger partial charge >= 0.3 is 0 Å². The highest BCUT2D eigenvalue weighted by molar-refractivity contribution is 7.99. The second-order valence-corrected chi connectivity index (χ2v) is 4.42. The first kappa shape index (κ1) is 8.81. The van der Waals surface area contributed by atoms with Gasteiger partial charge in [0, 0.05) is 50.8 Å². The van der Waals surface area contributed by atoms with E-state index in [1.54, 1.807) is 0 Å². The largest absolute Gasteiger partial charge is 0.240 e. The SMILES string of the molecule is C1CN(N2CCSCC2)CC[N]1. The lowest BCUT2D eigenvalue weighted by atomic mass is 10.4. The molecule has 0 saturated carbocycles. The van der Waals surface area contributed by atoms with E-state index in [2.05, 4.69) is 27.1 Å². The molecule has 2 rings (SSSR count). The molecule has 0 bridgehead atoms. The van der Waals surface area contributed by atoms with E-state index in [0.29, 0.717) is 0 Å². The zero-order chi connectivity index (χ0) is 8.23. The Labute approximate surface area is 78.4 Å². The standard InChI is InChI=1S/C8H16N3S/c1-3-10(4-2-9-1)11-5-7-12-8-6-11/h1-8H2. The number of rotatable bonds is 1. The van der Waals surface area contributed by atoms with Crippen molar-refractivity contribution in [3.8, 4) is 0 Å². The van der Waals surface area contributed by atoms with Crippen LogP contribution in [0.1, 0.15) is 0 Å². The summed E-state index contributed by atoms with van der Waals surface area (Å²) in [7, 11) is 0. The van der Waals surface area contributed by atoms with Gasteiger partial charge in [0.1, 0.15) is 0 Å². The van der Waals surface area contributed by atoms with Crippen molar-refractivity contribution in [2.24, 2.45) is 0 Å². The molecule has 69 valence electrons. The first-order valence-corrected chi connectivity index (χ1v) is 5.83. The van der Waals surface area contributed by atoms with Gasteiger partial charge in [0.05, 0.1) is 0 Å². The Morgan fingerprint density at radius 3 is 2.08 bits per heavy atom. The second-order valence-electron chi connectivity index (χ2n) is 3.19. The number of piperazine rings is 1. The topological polar surface area (TPSA) is 20.6 Å². The van der Waals surface area contributed by atoms with E-state index >= 15 is 0 Å². The van der Waals surface area contributed by atoms with E-state index in [9.17, 15) is 0 Å². The lowest BCUT2D eigenvalue weighted by Crippen LogP contribution is -2.53. The maximum atomic E-state index is 4.35. The van der Waals surface area contributed by atoms with Gasteiger partial charge in [-0.15, -0.1) is 0 Å². The summed E-state index contributed by atoms with van der Waals surface area (Å²) in [5.41, 5.74) is 0. The van der Waals surface area contributed by atoms with E-state index in [1.165, 1.54) is 24.6 Å². The first-order chi connectivity index (χ1) is 5.97. The zero-order valence-electron chi connectivity index (χ0n) is 7.41. The predicted molar refractivity (Wildman–Crippen MR) is 52.3 cm³/mol. The van der Waals surface area contributed by atoms with Crippen molar-refractivity contribution in [1.29, 1.82) is 0 Å². The van der Waals surface area contributed by atoms with E-state index in [0.717, 1.165) is 26.2 Å². The molecule has 0 aromatic rings. The maximum absolute atomic E-state index is 4.35. The monoisotopic (exact) mass is 186 g/mol. The molecule has 2 aliphatic rings. The van der Waals surface area contributed by atoms with Crippen molar-refractivity contribution >= 4 is 11.8 Å². The van der Waals surface area contributed by atoms with Gasteiger partial charge in [-0.3, -0.25) is 0 Å². The van der Waals surface area contributed by atoms with Gasteiger partial charge in [-0.05, 0) is 0 Å². The summed E-state index contributed by atoms with van der Waals surface area (Å²) in [4.78, 5) is 0. The van der Waals surface area contributed by atoms with E-state index in [1.807, 2.05) is 0 Å². The second kappa shape index (κ2) is 4.46. The molecule has 0 aromatic carbocycles. The van der Waals surface area contributed by atoms with Crippen molar-refractivity contribution in [2.45, 2.75) is 0 Å². The Morgan fingerprint density at radius 1 is 0.833 bits per heavy atom. The van der Waals surface area contributed by atoms with Crippen LogP contribution in [0.2, 0.25) is 0 Å². The van der Waals surface area contributed by atoms with Crippen LogP contribution in [0.5, 0.6) is 0 Å². The summed E-state index contributed by atoms with van der Waals surface area (Å²) >= 11 is 2.07. The Morgan fingerprint density at radius 2 is 1.42 bits per heavy atom. The molecule has 12 heavy (non-hydrogen) atoms. The van der Waals surface area contributed by atoms with E-state index in [-0.39, 0.29) is 0 Å². The first-order valence-electron chi connectivity index (χ1n) is 4.67. The number of nitrogens with zero attached hydrogens (tertiary/aromatic N) is 3. The van der Waals surface area contributed by atoms with Crippen molar-refractivity contribution < 1.29 is 0 Å². The molecule has 0 amide bonds. The molecule has 2 heterocycles. The van der Waals surface area contributed by atoms with Crippen LogP contribution in [0.3, 0.4) is 0 Å². The van der Waals surface area contributed by atoms with E-state index < -0.39 is 0 Å². The molecule has 2 fully saturated rings. The summed E-state index contributed by atoms with van der Waals surface area (Å²) in [6, 6.07) is 0. The molecule has 0 spiro atoms. The minimum atomic E-state index is 1.03. The predicted octanol–water partition coefficient (Wildman–Crippen LogP) is -0.130. The molecule has 4 heteroatoms. The Hall–Kier alpha value is 0.230. The van der Waals surface area contributed by atoms with Crippen LogP contribution in [0.4, 0.5) is 0 Å². The Kier molecular flexibility index (Phi) is 3.28. The van der Waals surface area contributed by atoms with Crippen LogP contribution in [-0.4, -0.2) is 60.8 Å². The molecule has 0 unspecified atom stereocenters. The molecule has 2 aliphatic heterocycles. The highest BCUT2D eigenvalue weighted by atomic mass is 32.2.